The van der Waals surface area contributed by atoms with Crippen LogP contribution in [-0.2, 0) is 9.53 Å². The fraction of sp³-hybridized carbons (Fsp3) is 0.611. The molecule has 0 radical (unpaired) electrons. The first-order chi connectivity index (χ1) is 10.6. The average Bonchev–Trinajstić information content (AvgIpc) is 3.17. The minimum Gasteiger partial charge on any atom is -0.390 e. The summed E-state index contributed by atoms with van der Waals surface area (Å²) >= 11 is 0. The Labute approximate surface area is 130 Å². The van der Waals surface area contributed by atoms with Crippen LogP contribution >= 0.6 is 0 Å². The topological polar surface area (TPSA) is 49.8 Å². The number of carbonyl (C=O) groups is 1. The number of aryl methyl sites for hydroxylation is 1. The number of rotatable bonds is 2. The molecule has 4 nitrogen and oxygen atoms in total. The highest BCUT2D eigenvalue weighted by molar-refractivity contribution is 6.00. The third kappa shape index (κ3) is 1.23. The SMILES string of the molecule is CCC12OC3C(O)C4CC3C1C4C(=O)N2c1ccc(C)cc1. The Bertz CT molecular complexity index is 657. The van der Waals surface area contributed by atoms with Crippen molar-refractivity contribution in [1.82, 2.24) is 0 Å². The van der Waals surface area contributed by atoms with Crippen LogP contribution in [0.2, 0.25) is 0 Å². The van der Waals surface area contributed by atoms with E-state index in [0.29, 0.717) is 5.92 Å². The van der Waals surface area contributed by atoms with Gasteiger partial charge < -0.3 is 9.84 Å². The van der Waals surface area contributed by atoms with Gasteiger partial charge in [-0.05, 0) is 43.7 Å². The van der Waals surface area contributed by atoms with Gasteiger partial charge in [-0.25, -0.2) is 0 Å². The maximum atomic E-state index is 13.1. The van der Waals surface area contributed by atoms with E-state index >= 15 is 0 Å². The van der Waals surface area contributed by atoms with Crippen molar-refractivity contribution in [2.75, 3.05) is 4.90 Å². The highest BCUT2D eigenvalue weighted by Crippen LogP contribution is 2.68. The smallest absolute Gasteiger partial charge is 0.233 e. The molecule has 0 spiro atoms. The Morgan fingerprint density at radius 2 is 2.05 bits per heavy atom. The molecule has 2 aliphatic carbocycles. The third-order valence-electron chi connectivity index (χ3n) is 6.59. The van der Waals surface area contributed by atoms with Gasteiger partial charge in [-0.3, -0.25) is 9.69 Å². The average molecular weight is 299 g/mol. The van der Waals surface area contributed by atoms with E-state index in [1.165, 1.54) is 5.56 Å². The van der Waals surface area contributed by atoms with E-state index in [4.69, 9.17) is 4.74 Å². The molecule has 2 heterocycles. The molecule has 1 N–H and O–H groups in total. The zero-order chi connectivity index (χ0) is 15.2. The second-order valence-electron chi connectivity index (χ2n) is 7.40. The van der Waals surface area contributed by atoms with Gasteiger partial charge in [0.05, 0.1) is 18.1 Å². The molecule has 1 aromatic rings. The zero-order valence-electron chi connectivity index (χ0n) is 12.9. The minimum absolute atomic E-state index is 0.0556. The first-order valence-electron chi connectivity index (χ1n) is 8.35. The number of anilines is 1. The van der Waals surface area contributed by atoms with E-state index in [9.17, 15) is 9.90 Å². The quantitative estimate of drug-likeness (QED) is 0.910. The minimum atomic E-state index is -0.543. The van der Waals surface area contributed by atoms with Gasteiger partial charge in [0.15, 0.2) is 5.72 Å². The number of aliphatic hydroxyl groups excluding tert-OH is 1. The van der Waals surface area contributed by atoms with Gasteiger partial charge in [0.2, 0.25) is 5.91 Å². The van der Waals surface area contributed by atoms with Crippen molar-refractivity contribution in [3.05, 3.63) is 29.8 Å². The molecule has 2 saturated heterocycles. The Morgan fingerprint density at radius 3 is 2.73 bits per heavy atom. The molecular formula is C18H21NO3. The first-order valence-corrected chi connectivity index (χ1v) is 8.35. The molecule has 4 aliphatic rings. The molecule has 2 aliphatic heterocycles. The summed E-state index contributed by atoms with van der Waals surface area (Å²) in [6.45, 7) is 4.15. The molecule has 1 amide bonds. The number of fused-ring (bicyclic) bond motifs is 2. The summed E-state index contributed by atoms with van der Waals surface area (Å²) in [6.07, 6.45) is 1.20. The number of ether oxygens (including phenoxy) is 1. The van der Waals surface area contributed by atoms with Crippen LogP contribution in [0.15, 0.2) is 24.3 Å². The van der Waals surface area contributed by atoms with E-state index in [1.807, 2.05) is 36.1 Å². The molecule has 116 valence electrons. The molecule has 1 aromatic carbocycles. The second kappa shape index (κ2) is 3.92. The summed E-state index contributed by atoms with van der Waals surface area (Å²) in [5, 5.41) is 10.5. The lowest BCUT2D eigenvalue weighted by atomic mass is 9.76. The highest BCUT2D eigenvalue weighted by Gasteiger charge is 2.77. The Hall–Kier alpha value is -1.39. The maximum Gasteiger partial charge on any atom is 0.233 e. The van der Waals surface area contributed by atoms with Crippen molar-refractivity contribution in [2.45, 2.75) is 44.6 Å². The van der Waals surface area contributed by atoms with Crippen LogP contribution in [0.4, 0.5) is 5.69 Å². The second-order valence-corrected chi connectivity index (χ2v) is 7.40. The molecule has 0 aromatic heterocycles. The van der Waals surface area contributed by atoms with Crippen LogP contribution in [0.3, 0.4) is 0 Å². The van der Waals surface area contributed by atoms with E-state index in [2.05, 4.69) is 6.92 Å². The summed E-state index contributed by atoms with van der Waals surface area (Å²) in [7, 11) is 0. The molecule has 22 heavy (non-hydrogen) atoms. The van der Waals surface area contributed by atoms with Crippen molar-refractivity contribution in [1.29, 1.82) is 0 Å². The number of carbonyl (C=O) groups excluding carboxylic acids is 1. The Morgan fingerprint density at radius 1 is 1.32 bits per heavy atom. The van der Waals surface area contributed by atoms with Crippen LogP contribution in [0.25, 0.3) is 0 Å². The van der Waals surface area contributed by atoms with Gasteiger partial charge in [0.25, 0.3) is 0 Å². The van der Waals surface area contributed by atoms with E-state index in [0.717, 1.165) is 18.5 Å². The lowest BCUT2D eigenvalue weighted by Gasteiger charge is -2.38. The molecule has 5 rings (SSSR count). The van der Waals surface area contributed by atoms with E-state index in [1.54, 1.807) is 0 Å². The molecule has 2 bridgehead atoms. The molecule has 4 fully saturated rings. The van der Waals surface area contributed by atoms with E-state index in [-0.39, 0.29) is 29.8 Å². The number of nitrogens with zero attached hydrogens (tertiary/aromatic N) is 1. The number of amides is 1. The van der Waals surface area contributed by atoms with Crippen molar-refractivity contribution < 1.29 is 14.6 Å². The molecule has 7 atom stereocenters. The lowest BCUT2D eigenvalue weighted by molar-refractivity contribution is -0.133. The summed E-state index contributed by atoms with van der Waals surface area (Å²) < 4.78 is 6.40. The van der Waals surface area contributed by atoms with E-state index < -0.39 is 11.8 Å². The summed E-state index contributed by atoms with van der Waals surface area (Å²) in [4.78, 5) is 15.1. The molecule has 7 unspecified atom stereocenters. The van der Waals surface area contributed by atoms with Crippen LogP contribution in [-0.4, -0.2) is 28.9 Å². The van der Waals surface area contributed by atoms with Crippen molar-refractivity contribution in [2.24, 2.45) is 23.7 Å². The number of hydrogen-bond donors (Lipinski definition) is 1. The third-order valence-corrected chi connectivity index (χ3v) is 6.59. The van der Waals surface area contributed by atoms with Crippen LogP contribution in [0.1, 0.15) is 25.3 Å². The summed E-state index contributed by atoms with van der Waals surface area (Å²) in [6, 6.07) is 8.12. The van der Waals surface area contributed by atoms with Crippen molar-refractivity contribution in [3.8, 4) is 0 Å². The number of benzene rings is 1. The van der Waals surface area contributed by atoms with Gasteiger partial charge in [0, 0.05) is 11.6 Å². The zero-order valence-corrected chi connectivity index (χ0v) is 12.9. The normalized spacial score (nSPS) is 47.8. The predicted molar refractivity (Wildman–Crippen MR) is 81.1 cm³/mol. The fourth-order valence-electron chi connectivity index (χ4n) is 5.80. The molecule has 2 saturated carbocycles. The summed E-state index contributed by atoms with van der Waals surface area (Å²) in [5.41, 5.74) is 1.57. The molecular weight excluding hydrogens is 278 g/mol. The van der Waals surface area contributed by atoms with Gasteiger partial charge >= 0.3 is 0 Å². The number of hydrogen-bond acceptors (Lipinski definition) is 3. The Kier molecular flexibility index (Phi) is 2.33. The fourth-order valence-corrected chi connectivity index (χ4v) is 5.80. The summed E-state index contributed by atoms with van der Waals surface area (Å²) in [5.74, 6) is 0.797. The largest absolute Gasteiger partial charge is 0.390 e. The monoisotopic (exact) mass is 299 g/mol. The maximum absolute atomic E-state index is 13.1. The van der Waals surface area contributed by atoms with Gasteiger partial charge in [0.1, 0.15) is 0 Å². The highest BCUT2D eigenvalue weighted by atomic mass is 16.6. The van der Waals surface area contributed by atoms with Crippen molar-refractivity contribution in [3.63, 3.8) is 0 Å². The first kappa shape index (κ1) is 13.1. The predicted octanol–water partition coefficient (Wildman–Crippen LogP) is 2.09. The van der Waals surface area contributed by atoms with Gasteiger partial charge in [-0.15, -0.1) is 0 Å². The van der Waals surface area contributed by atoms with Crippen molar-refractivity contribution >= 4 is 11.6 Å². The lowest BCUT2D eigenvalue weighted by Crippen LogP contribution is -2.50. The van der Waals surface area contributed by atoms with Crippen LogP contribution in [0, 0.1) is 30.6 Å². The number of aliphatic hydroxyl groups is 1. The molecule has 4 heteroatoms. The van der Waals surface area contributed by atoms with Crippen LogP contribution in [0.5, 0.6) is 0 Å². The van der Waals surface area contributed by atoms with Gasteiger partial charge in [-0.2, -0.15) is 0 Å². The standard InChI is InChI=1S/C18H21NO3/c1-3-18-14-12-8-11(15(20)16(12)22-18)13(14)17(21)19(18)10-6-4-9(2)5-7-10/h4-7,11-16,20H,3,8H2,1-2H3. The van der Waals surface area contributed by atoms with Gasteiger partial charge in [-0.1, -0.05) is 24.6 Å². The van der Waals surface area contributed by atoms with Crippen LogP contribution < -0.4 is 4.90 Å². The Balaban J connectivity index is 1.66.